The van der Waals surface area contributed by atoms with Gasteiger partial charge in [-0.25, -0.2) is 0 Å². The maximum atomic E-state index is 14.6. The van der Waals surface area contributed by atoms with Crippen molar-refractivity contribution < 1.29 is 26.3 Å². The fraction of sp³-hybridized carbons (Fsp3) is 0.0357. The SMILES string of the molecule is FC(F)(F)c1ccc(-n2c3ccccc3c3ccccc32)c(-c2ccc(-c3cc(C(F)(F)F)ccc3-n3c4ccc(-c5ccccc5)cc4c4cc(-c5ccccc5)ccc43)cc2)c1. The minimum Gasteiger partial charge on any atom is -0.309 e. The second-order valence-electron chi connectivity index (χ2n) is 15.9. The highest BCUT2D eigenvalue weighted by molar-refractivity contribution is 6.12. The monoisotopic (exact) mass is 848 g/mol. The Labute approximate surface area is 363 Å². The Morgan fingerprint density at radius 3 is 1.00 bits per heavy atom. The zero-order valence-corrected chi connectivity index (χ0v) is 33.8. The number of rotatable bonds is 6. The largest absolute Gasteiger partial charge is 0.416 e. The van der Waals surface area contributed by atoms with Crippen molar-refractivity contribution in [1.82, 2.24) is 9.13 Å². The summed E-state index contributed by atoms with van der Waals surface area (Å²) in [6.45, 7) is 0. The van der Waals surface area contributed by atoms with E-state index in [1.165, 1.54) is 12.1 Å². The number of para-hydroxylation sites is 2. The molecule has 310 valence electrons. The van der Waals surface area contributed by atoms with Crippen molar-refractivity contribution in [2.24, 2.45) is 0 Å². The summed E-state index contributed by atoms with van der Waals surface area (Å²) in [5.74, 6) is 0. The molecular weight excluding hydrogens is 815 g/mol. The first-order valence-electron chi connectivity index (χ1n) is 20.7. The quantitative estimate of drug-likeness (QED) is 0.148. The third-order valence-corrected chi connectivity index (χ3v) is 12.2. The van der Waals surface area contributed by atoms with Crippen molar-refractivity contribution in [1.29, 1.82) is 0 Å². The van der Waals surface area contributed by atoms with Crippen LogP contribution in [0.4, 0.5) is 26.3 Å². The molecule has 2 heterocycles. The van der Waals surface area contributed by atoms with Gasteiger partial charge in [-0.2, -0.15) is 26.3 Å². The highest BCUT2D eigenvalue weighted by Crippen LogP contribution is 2.44. The summed E-state index contributed by atoms with van der Waals surface area (Å²) in [5.41, 5.74) is 8.30. The summed E-state index contributed by atoms with van der Waals surface area (Å²) in [6, 6.07) is 62.1. The Balaban J connectivity index is 1.12. The third kappa shape index (κ3) is 6.61. The summed E-state index contributed by atoms with van der Waals surface area (Å²) in [4.78, 5) is 0. The number of alkyl halides is 6. The summed E-state index contributed by atoms with van der Waals surface area (Å²) in [7, 11) is 0. The Morgan fingerprint density at radius 2 is 0.609 bits per heavy atom. The van der Waals surface area contributed by atoms with Gasteiger partial charge in [0.05, 0.1) is 44.6 Å². The molecule has 11 aromatic rings. The molecule has 0 saturated heterocycles. The highest BCUT2D eigenvalue weighted by Gasteiger charge is 2.33. The van der Waals surface area contributed by atoms with Gasteiger partial charge in [0.2, 0.25) is 0 Å². The van der Waals surface area contributed by atoms with Crippen LogP contribution >= 0.6 is 0 Å². The van der Waals surface area contributed by atoms with E-state index in [1.54, 1.807) is 24.3 Å². The average Bonchev–Trinajstić information content (AvgIpc) is 3.83. The van der Waals surface area contributed by atoms with Crippen LogP contribution in [0.3, 0.4) is 0 Å². The summed E-state index contributed by atoms with van der Waals surface area (Å²) in [6.07, 6.45) is -9.26. The fourth-order valence-corrected chi connectivity index (χ4v) is 9.19. The highest BCUT2D eigenvalue weighted by atomic mass is 19.4. The van der Waals surface area contributed by atoms with Crippen LogP contribution in [0.5, 0.6) is 0 Å². The van der Waals surface area contributed by atoms with Crippen LogP contribution in [-0.2, 0) is 12.4 Å². The number of hydrogen-bond donors (Lipinski definition) is 0. The van der Waals surface area contributed by atoms with Gasteiger partial charge in [0.1, 0.15) is 0 Å². The maximum Gasteiger partial charge on any atom is 0.416 e. The molecule has 0 amide bonds. The number of halogens is 6. The molecule has 0 aliphatic heterocycles. The number of fused-ring (bicyclic) bond motifs is 6. The van der Waals surface area contributed by atoms with Crippen molar-refractivity contribution >= 4 is 43.6 Å². The number of nitrogens with zero attached hydrogens (tertiary/aromatic N) is 2. The van der Waals surface area contributed by atoms with Gasteiger partial charge in [0.15, 0.2) is 0 Å². The van der Waals surface area contributed by atoms with E-state index < -0.39 is 23.5 Å². The summed E-state index contributed by atoms with van der Waals surface area (Å²) >= 11 is 0. The van der Waals surface area contributed by atoms with E-state index in [0.717, 1.165) is 90.1 Å². The molecule has 8 heteroatoms. The lowest BCUT2D eigenvalue weighted by molar-refractivity contribution is -0.138. The average molecular weight is 849 g/mol. The van der Waals surface area contributed by atoms with E-state index >= 15 is 0 Å². The minimum absolute atomic E-state index is 0.311. The zero-order chi connectivity index (χ0) is 43.7. The molecule has 9 aromatic carbocycles. The van der Waals surface area contributed by atoms with Gasteiger partial charge >= 0.3 is 12.4 Å². The standard InChI is InChI=1S/C56H34F6N2/c57-55(58,59)41-25-29-51(63-49-17-9-7-15-43(49)44-16-8-10-18-50(44)63)45(33-41)37-19-21-38(22-20-37)46-34-42(56(60,61)62)26-30-52(46)64-53-27-23-39(35-11-3-1-4-12-35)31-47(53)48-32-40(24-28-54(48)64)36-13-5-2-6-14-36/h1-34H. The van der Waals surface area contributed by atoms with Gasteiger partial charge in [-0.05, 0) is 106 Å². The molecule has 0 radical (unpaired) electrons. The Hall–Kier alpha value is -7.84. The predicted molar refractivity (Wildman–Crippen MR) is 247 cm³/mol. The lowest BCUT2D eigenvalue weighted by Crippen LogP contribution is -2.07. The van der Waals surface area contributed by atoms with E-state index in [2.05, 4.69) is 12.1 Å². The van der Waals surface area contributed by atoms with Crippen molar-refractivity contribution in [2.45, 2.75) is 12.4 Å². The number of aromatic nitrogens is 2. The first kappa shape index (κ1) is 39.0. The lowest BCUT2D eigenvalue weighted by atomic mass is 9.95. The predicted octanol–water partition coefficient (Wildman–Crippen LogP) is 16.6. The minimum atomic E-state index is -4.64. The van der Waals surface area contributed by atoms with Crippen molar-refractivity contribution in [2.75, 3.05) is 0 Å². The molecule has 0 unspecified atom stereocenters. The van der Waals surface area contributed by atoms with Crippen LogP contribution in [0.25, 0.3) is 99.5 Å². The van der Waals surface area contributed by atoms with Crippen LogP contribution in [0.1, 0.15) is 11.1 Å². The third-order valence-electron chi connectivity index (χ3n) is 12.2. The van der Waals surface area contributed by atoms with Gasteiger partial charge in [0.25, 0.3) is 0 Å². The van der Waals surface area contributed by atoms with Crippen LogP contribution in [-0.4, -0.2) is 9.13 Å². The van der Waals surface area contributed by atoms with Crippen molar-refractivity contribution in [3.8, 4) is 55.9 Å². The zero-order valence-electron chi connectivity index (χ0n) is 33.8. The summed E-state index contributed by atoms with van der Waals surface area (Å²) < 4.78 is 91.0. The smallest absolute Gasteiger partial charge is 0.309 e. The van der Waals surface area contributed by atoms with Gasteiger partial charge in [0, 0.05) is 32.7 Å². The molecule has 0 fully saturated rings. The first-order chi connectivity index (χ1) is 31.0. The van der Waals surface area contributed by atoms with Crippen LogP contribution in [0, 0.1) is 0 Å². The Bertz CT molecular complexity index is 3410. The number of hydrogen-bond acceptors (Lipinski definition) is 0. The first-order valence-corrected chi connectivity index (χ1v) is 20.7. The Morgan fingerprint density at radius 1 is 0.266 bits per heavy atom. The van der Waals surface area contributed by atoms with Crippen molar-refractivity contribution in [3.05, 3.63) is 217 Å². The van der Waals surface area contributed by atoms with Gasteiger partial charge in [-0.15, -0.1) is 0 Å². The molecule has 0 aliphatic carbocycles. The molecule has 2 nitrogen and oxygen atoms in total. The van der Waals surface area contributed by atoms with E-state index in [4.69, 9.17) is 0 Å². The van der Waals surface area contributed by atoms with Crippen LogP contribution < -0.4 is 0 Å². The van der Waals surface area contributed by atoms with Crippen molar-refractivity contribution in [3.63, 3.8) is 0 Å². The van der Waals surface area contributed by atoms with E-state index in [1.807, 2.05) is 143 Å². The van der Waals surface area contributed by atoms with Crippen LogP contribution in [0.2, 0.25) is 0 Å². The molecule has 11 rings (SSSR count). The van der Waals surface area contributed by atoms with Gasteiger partial charge in [-0.3, -0.25) is 0 Å². The van der Waals surface area contributed by atoms with Crippen LogP contribution in [0.15, 0.2) is 206 Å². The molecule has 64 heavy (non-hydrogen) atoms. The topological polar surface area (TPSA) is 9.86 Å². The number of benzene rings is 9. The fourth-order valence-electron chi connectivity index (χ4n) is 9.19. The van der Waals surface area contributed by atoms with Gasteiger partial charge in [-0.1, -0.05) is 133 Å². The van der Waals surface area contributed by atoms with E-state index in [-0.39, 0.29) is 0 Å². The molecule has 0 N–H and O–H groups in total. The van der Waals surface area contributed by atoms with E-state index in [9.17, 15) is 26.3 Å². The lowest BCUT2D eigenvalue weighted by Gasteiger charge is -2.19. The van der Waals surface area contributed by atoms with E-state index in [0.29, 0.717) is 33.6 Å². The Kier molecular flexibility index (Phi) is 9.10. The molecule has 0 aliphatic rings. The second kappa shape index (κ2) is 14.9. The molecule has 2 aromatic heterocycles. The molecule has 0 spiro atoms. The second-order valence-corrected chi connectivity index (χ2v) is 15.9. The molecular formula is C56H34F6N2. The summed E-state index contributed by atoms with van der Waals surface area (Å²) in [5, 5.41) is 3.76. The molecule has 0 atom stereocenters. The molecule has 0 saturated carbocycles. The van der Waals surface area contributed by atoms with Gasteiger partial charge < -0.3 is 9.13 Å². The maximum absolute atomic E-state index is 14.6. The molecule has 0 bridgehead atoms. The normalized spacial score (nSPS) is 12.2.